The third-order valence-electron chi connectivity index (χ3n) is 2.46. The van der Waals surface area contributed by atoms with Crippen LogP contribution >= 0.6 is 0 Å². The van der Waals surface area contributed by atoms with Crippen molar-refractivity contribution in [3.05, 3.63) is 54.3 Å². The standard InChI is InChI=1S/C16H18O/c1-16(2,3)17-11-10-13-8-9-14-6-4-5-7-15(14)12-13/h4-12H,1-3H3. The van der Waals surface area contributed by atoms with Gasteiger partial charge in [0.2, 0.25) is 0 Å². The van der Waals surface area contributed by atoms with Crippen molar-refractivity contribution in [1.29, 1.82) is 0 Å². The number of benzene rings is 2. The molecular weight excluding hydrogens is 208 g/mol. The average molecular weight is 226 g/mol. The maximum atomic E-state index is 5.56. The minimum atomic E-state index is -0.132. The summed E-state index contributed by atoms with van der Waals surface area (Å²) in [6.07, 6.45) is 3.77. The number of ether oxygens (including phenoxy) is 1. The average Bonchev–Trinajstić information content (AvgIpc) is 2.27. The van der Waals surface area contributed by atoms with E-state index in [4.69, 9.17) is 4.74 Å². The third kappa shape index (κ3) is 3.35. The van der Waals surface area contributed by atoms with Gasteiger partial charge in [-0.3, -0.25) is 0 Å². The van der Waals surface area contributed by atoms with Crippen LogP contribution in [-0.2, 0) is 4.74 Å². The van der Waals surface area contributed by atoms with E-state index in [1.165, 1.54) is 10.8 Å². The van der Waals surface area contributed by atoms with Crippen LogP contribution in [0.25, 0.3) is 16.8 Å². The predicted octanol–water partition coefficient (Wildman–Crippen LogP) is 4.63. The van der Waals surface area contributed by atoms with Crippen molar-refractivity contribution < 1.29 is 4.74 Å². The maximum absolute atomic E-state index is 5.56. The van der Waals surface area contributed by atoms with Crippen LogP contribution in [-0.4, -0.2) is 5.60 Å². The van der Waals surface area contributed by atoms with Gasteiger partial charge in [0.25, 0.3) is 0 Å². The van der Waals surface area contributed by atoms with Crippen molar-refractivity contribution in [1.82, 2.24) is 0 Å². The van der Waals surface area contributed by atoms with Crippen LogP contribution in [0, 0.1) is 0 Å². The summed E-state index contributed by atoms with van der Waals surface area (Å²) in [6.45, 7) is 6.12. The molecular formula is C16H18O. The van der Waals surface area contributed by atoms with Gasteiger partial charge < -0.3 is 4.74 Å². The molecule has 0 atom stereocenters. The molecule has 0 bridgehead atoms. The molecule has 0 aromatic heterocycles. The van der Waals surface area contributed by atoms with Gasteiger partial charge >= 0.3 is 0 Å². The molecule has 0 heterocycles. The lowest BCUT2D eigenvalue weighted by Gasteiger charge is -2.17. The first-order chi connectivity index (χ1) is 8.04. The second-order valence-corrected chi connectivity index (χ2v) is 5.14. The first-order valence-electron chi connectivity index (χ1n) is 5.88. The highest BCUT2D eigenvalue weighted by atomic mass is 16.5. The van der Waals surface area contributed by atoms with Gasteiger partial charge in [0.1, 0.15) is 0 Å². The summed E-state index contributed by atoms with van der Waals surface area (Å²) in [4.78, 5) is 0. The molecule has 1 heteroatoms. The third-order valence-corrected chi connectivity index (χ3v) is 2.46. The Kier molecular flexibility index (Phi) is 3.19. The van der Waals surface area contributed by atoms with E-state index in [0.717, 1.165) is 5.56 Å². The lowest BCUT2D eigenvalue weighted by atomic mass is 10.1. The zero-order valence-electron chi connectivity index (χ0n) is 10.6. The van der Waals surface area contributed by atoms with Crippen LogP contribution in [0.5, 0.6) is 0 Å². The van der Waals surface area contributed by atoms with Crippen molar-refractivity contribution in [2.24, 2.45) is 0 Å². The second-order valence-electron chi connectivity index (χ2n) is 5.14. The van der Waals surface area contributed by atoms with E-state index >= 15 is 0 Å². The Morgan fingerprint density at radius 3 is 2.35 bits per heavy atom. The van der Waals surface area contributed by atoms with Gasteiger partial charge in [0, 0.05) is 0 Å². The molecule has 0 saturated carbocycles. The summed E-state index contributed by atoms with van der Waals surface area (Å²) in [5, 5.41) is 2.52. The molecule has 2 rings (SSSR count). The molecule has 0 aliphatic rings. The Hall–Kier alpha value is -1.76. The van der Waals surface area contributed by atoms with E-state index in [9.17, 15) is 0 Å². The SMILES string of the molecule is CC(C)(C)OC=Cc1ccc2ccccc2c1. The summed E-state index contributed by atoms with van der Waals surface area (Å²) in [7, 11) is 0. The largest absolute Gasteiger partial charge is 0.496 e. The second kappa shape index (κ2) is 4.62. The van der Waals surface area contributed by atoms with Crippen molar-refractivity contribution in [2.75, 3.05) is 0 Å². The number of hydrogen-bond acceptors (Lipinski definition) is 1. The Morgan fingerprint density at radius 2 is 1.65 bits per heavy atom. The highest BCUT2D eigenvalue weighted by Crippen LogP contribution is 2.17. The lowest BCUT2D eigenvalue weighted by Crippen LogP contribution is -2.15. The predicted molar refractivity (Wildman–Crippen MR) is 73.8 cm³/mol. The fourth-order valence-electron chi connectivity index (χ4n) is 1.63. The van der Waals surface area contributed by atoms with E-state index in [2.05, 4.69) is 42.5 Å². The van der Waals surface area contributed by atoms with Gasteiger partial charge in [-0.2, -0.15) is 0 Å². The monoisotopic (exact) mass is 226 g/mol. The molecule has 0 saturated heterocycles. The number of fused-ring (bicyclic) bond motifs is 1. The first kappa shape index (κ1) is 11.7. The van der Waals surface area contributed by atoms with Crippen LogP contribution in [0.3, 0.4) is 0 Å². The van der Waals surface area contributed by atoms with E-state index in [-0.39, 0.29) is 5.60 Å². The van der Waals surface area contributed by atoms with Gasteiger partial charge in [0.05, 0.1) is 11.9 Å². The molecule has 2 aromatic carbocycles. The van der Waals surface area contributed by atoms with Crippen LogP contribution in [0.4, 0.5) is 0 Å². The summed E-state index contributed by atoms with van der Waals surface area (Å²) in [5.74, 6) is 0. The van der Waals surface area contributed by atoms with Crippen molar-refractivity contribution in [2.45, 2.75) is 26.4 Å². The molecule has 0 radical (unpaired) electrons. The summed E-state index contributed by atoms with van der Waals surface area (Å²) in [6, 6.07) is 14.8. The quantitative estimate of drug-likeness (QED) is 0.679. The molecule has 0 fully saturated rings. The van der Waals surface area contributed by atoms with Gasteiger partial charge in [-0.25, -0.2) is 0 Å². The molecule has 0 aliphatic carbocycles. The van der Waals surface area contributed by atoms with Crippen LogP contribution in [0.1, 0.15) is 26.3 Å². The Balaban J connectivity index is 2.20. The van der Waals surface area contributed by atoms with Gasteiger partial charge in [-0.1, -0.05) is 36.4 Å². The normalized spacial score (nSPS) is 12.2. The Morgan fingerprint density at radius 1 is 0.941 bits per heavy atom. The van der Waals surface area contributed by atoms with Gasteiger partial charge in [0.15, 0.2) is 0 Å². The van der Waals surface area contributed by atoms with Gasteiger partial charge in [-0.05, 0) is 49.2 Å². The summed E-state index contributed by atoms with van der Waals surface area (Å²) >= 11 is 0. The molecule has 0 amide bonds. The molecule has 17 heavy (non-hydrogen) atoms. The molecule has 0 N–H and O–H groups in total. The zero-order chi connectivity index (χ0) is 12.3. The van der Waals surface area contributed by atoms with Crippen molar-refractivity contribution >= 4 is 16.8 Å². The van der Waals surface area contributed by atoms with Crippen LogP contribution in [0.2, 0.25) is 0 Å². The smallest absolute Gasteiger partial charge is 0.0998 e. The van der Waals surface area contributed by atoms with E-state index in [0.29, 0.717) is 0 Å². The molecule has 88 valence electrons. The topological polar surface area (TPSA) is 9.23 Å². The van der Waals surface area contributed by atoms with E-state index in [1.54, 1.807) is 6.26 Å². The van der Waals surface area contributed by atoms with Crippen molar-refractivity contribution in [3.63, 3.8) is 0 Å². The molecule has 2 aromatic rings. The molecule has 0 unspecified atom stereocenters. The Labute approximate surface area is 103 Å². The summed E-state index contributed by atoms with van der Waals surface area (Å²) in [5.41, 5.74) is 1.03. The van der Waals surface area contributed by atoms with Crippen molar-refractivity contribution in [3.8, 4) is 0 Å². The minimum absolute atomic E-state index is 0.132. The lowest BCUT2D eigenvalue weighted by molar-refractivity contribution is 0.0783. The zero-order valence-corrected chi connectivity index (χ0v) is 10.6. The highest BCUT2D eigenvalue weighted by molar-refractivity contribution is 5.84. The highest BCUT2D eigenvalue weighted by Gasteiger charge is 2.06. The van der Waals surface area contributed by atoms with E-state index in [1.807, 2.05) is 26.8 Å². The fourth-order valence-corrected chi connectivity index (χ4v) is 1.63. The Bertz CT molecular complexity index is 532. The fraction of sp³-hybridized carbons (Fsp3) is 0.250. The van der Waals surface area contributed by atoms with Crippen LogP contribution < -0.4 is 0 Å². The van der Waals surface area contributed by atoms with E-state index < -0.39 is 0 Å². The van der Waals surface area contributed by atoms with Gasteiger partial charge in [-0.15, -0.1) is 0 Å². The first-order valence-corrected chi connectivity index (χ1v) is 5.88. The number of hydrogen-bond donors (Lipinski definition) is 0. The molecule has 0 aliphatic heterocycles. The molecule has 1 nitrogen and oxygen atoms in total. The summed E-state index contributed by atoms with van der Waals surface area (Å²) < 4.78 is 5.56. The maximum Gasteiger partial charge on any atom is 0.0998 e. The molecule has 0 spiro atoms. The van der Waals surface area contributed by atoms with Crippen LogP contribution in [0.15, 0.2) is 48.7 Å². The minimum Gasteiger partial charge on any atom is -0.496 e. The number of rotatable bonds is 2.